The van der Waals surface area contributed by atoms with Gasteiger partial charge in [0.15, 0.2) is 0 Å². The van der Waals surface area contributed by atoms with Crippen molar-refractivity contribution in [2.75, 3.05) is 26.7 Å². The molecule has 96 valence electrons. The van der Waals surface area contributed by atoms with E-state index in [1.54, 1.807) is 0 Å². The molecule has 0 spiro atoms. The van der Waals surface area contributed by atoms with E-state index in [0.29, 0.717) is 0 Å². The van der Waals surface area contributed by atoms with Crippen LogP contribution in [0.3, 0.4) is 0 Å². The zero-order chi connectivity index (χ0) is 12.9. The molecule has 0 saturated heterocycles. The molecule has 0 aliphatic carbocycles. The van der Waals surface area contributed by atoms with Gasteiger partial charge in [0.2, 0.25) is 0 Å². The minimum absolute atomic E-state index is 0.187. The van der Waals surface area contributed by atoms with Crippen molar-refractivity contribution in [1.29, 1.82) is 0 Å². The van der Waals surface area contributed by atoms with E-state index < -0.39 is 0 Å². The average molecular weight is 234 g/mol. The molecule has 17 heavy (non-hydrogen) atoms. The van der Waals surface area contributed by atoms with Crippen LogP contribution in [0.1, 0.15) is 30.5 Å². The highest BCUT2D eigenvalue weighted by molar-refractivity contribution is 5.34. The van der Waals surface area contributed by atoms with Crippen molar-refractivity contribution < 1.29 is 0 Å². The summed E-state index contributed by atoms with van der Waals surface area (Å²) in [6, 6.07) is 6.79. The number of hydrogen-bond donors (Lipinski definition) is 2. The van der Waals surface area contributed by atoms with Gasteiger partial charge in [0.05, 0.1) is 0 Å². The Bertz CT molecular complexity index is 356. The summed E-state index contributed by atoms with van der Waals surface area (Å²) in [5, 5.41) is 6.64. The van der Waals surface area contributed by atoms with Crippen LogP contribution in [0, 0.1) is 13.8 Å². The molecule has 1 rings (SSSR count). The molecule has 0 unspecified atom stereocenters. The van der Waals surface area contributed by atoms with Gasteiger partial charge in [0, 0.05) is 25.0 Å². The Kier molecular flexibility index (Phi) is 5.16. The van der Waals surface area contributed by atoms with E-state index in [1.807, 2.05) is 7.05 Å². The molecular weight excluding hydrogens is 208 g/mol. The first-order chi connectivity index (χ1) is 7.97. The summed E-state index contributed by atoms with van der Waals surface area (Å²) >= 11 is 0. The van der Waals surface area contributed by atoms with Gasteiger partial charge in [0.1, 0.15) is 0 Å². The van der Waals surface area contributed by atoms with Gasteiger partial charge in [-0.05, 0) is 37.6 Å². The minimum atomic E-state index is 0.187. The summed E-state index contributed by atoms with van der Waals surface area (Å²) in [4.78, 5) is 0. The van der Waals surface area contributed by atoms with Crippen LogP contribution in [-0.4, -0.2) is 26.7 Å². The maximum Gasteiger partial charge on any atom is 0.00769 e. The monoisotopic (exact) mass is 234 g/mol. The second-order valence-electron chi connectivity index (χ2n) is 5.46. The maximum atomic E-state index is 3.50. The van der Waals surface area contributed by atoms with Gasteiger partial charge in [0.25, 0.3) is 0 Å². The number of nitrogens with one attached hydrogen (secondary N) is 2. The fourth-order valence-electron chi connectivity index (χ4n) is 1.88. The third-order valence-electron chi connectivity index (χ3n) is 3.41. The molecule has 0 aliphatic heterocycles. The largest absolute Gasteiger partial charge is 0.318 e. The fourth-order valence-corrected chi connectivity index (χ4v) is 1.88. The quantitative estimate of drug-likeness (QED) is 0.739. The fraction of sp³-hybridized carbons (Fsp3) is 0.600. The molecular formula is C15H26N2. The molecule has 0 fully saturated rings. The lowest BCUT2D eigenvalue weighted by molar-refractivity contribution is 0.468. The van der Waals surface area contributed by atoms with Crippen LogP contribution in [0.15, 0.2) is 18.2 Å². The normalized spacial score (nSPS) is 11.8. The molecule has 0 amide bonds. The Morgan fingerprint density at radius 1 is 1.06 bits per heavy atom. The number of benzene rings is 1. The molecule has 2 N–H and O–H groups in total. The van der Waals surface area contributed by atoms with Crippen molar-refractivity contribution in [3.63, 3.8) is 0 Å². The summed E-state index contributed by atoms with van der Waals surface area (Å²) in [5.74, 6) is 0. The zero-order valence-corrected chi connectivity index (χ0v) is 11.9. The van der Waals surface area contributed by atoms with Gasteiger partial charge < -0.3 is 10.6 Å². The van der Waals surface area contributed by atoms with E-state index in [0.717, 1.165) is 19.6 Å². The van der Waals surface area contributed by atoms with Gasteiger partial charge in [-0.3, -0.25) is 0 Å². The summed E-state index contributed by atoms with van der Waals surface area (Å²) in [6.45, 7) is 12.0. The second kappa shape index (κ2) is 6.18. The Balaban J connectivity index is 2.64. The smallest absolute Gasteiger partial charge is 0.00769 e. The van der Waals surface area contributed by atoms with Crippen molar-refractivity contribution in [1.82, 2.24) is 10.6 Å². The second-order valence-corrected chi connectivity index (χ2v) is 5.46. The summed E-state index contributed by atoms with van der Waals surface area (Å²) < 4.78 is 0. The van der Waals surface area contributed by atoms with Crippen molar-refractivity contribution in [2.24, 2.45) is 0 Å². The average Bonchev–Trinajstić information content (AvgIpc) is 2.28. The predicted molar refractivity (Wildman–Crippen MR) is 75.7 cm³/mol. The Labute approximate surface area is 106 Å². The summed E-state index contributed by atoms with van der Waals surface area (Å²) in [6.07, 6.45) is 0. The molecule has 0 saturated carbocycles. The molecule has 0 aromatic heterocycles. The van der Waals surface area contributed by atoms with Crippen molar-refractivity contribution in [2.45, 2.75) is 33.1 Å². The Morgan fingerprint density at radius 3 is 2.35 bits per heavy atom. The molecule has 0 aliphatic rings. The first-order valence-corrected chi connectivity index (χ1v) is 6.40. The lowest BCUT2D eigenvalue weighted by Gasteiger charge is -2.26. The third kappa shape index (κ3) is 4.14. The highest BCUT2D eigenvalue weighted by Crippen LogP contribution is 2.24. The Hall–Kier alpha value is -0.860. The van der Waals surface area contributed by atoms with Crippen LogP contribution in [0.5, 0.6) is 0 Å². The molecule has 2 heteroatoms. The first-order valence-electron chi connectivity index (χ1n) is 6.40. The molecule has 0 atom stereocenters. The number of hydrogen-bond acceptors (Lipinski definition) is 2. The van der Waals surface area contributed by atoms with Gasteiger partial charge in [-0.25, -0.2) is 0 Å². The topological polar surface area (TPSA) is 24.1 Å². The van der Waals surface area contributed by atoms with Gasteiger partial charge >= 0.3 is 0 Å². The summed E-state index contributed by atoms with van der Waals surface area (Å²) in [5.41, 5.74) is 4.35. The van der Waals surface area contributed by atoms with E-state index in [1.165, 1.54) is 16.7 Å². The van der Waals surface area contributed by atoms with E-state index in [-0.39, 0.29) is 5.41 Å². The van der Waals surface area contributed by atoms with Crippen LogP contribution < -0.4 is 10.6 Å². The SMILES string of the molecule is CNCCNCC(C)(C)c1ccc(C)c(C)c1. The van der Waals surface area contributed by atoms with Crippen molar-refractivity contribution in [3.8, 4) is 0 Å². The van der Waals surface area contributed by atoms with E-state index in [9.17, 15) is 0 Å². The standard InChI is InChI=1S/C15H26N2/c1-12-6-7-14(10-13(12)2)15(3,4)11-17-9-8-16-5/h6-7,10,16-17H,8-9,11H2,1-5H3. The van der Waals surface area contributed by atoms with Crippen LogP contribution in [0.2, 0.25) is 0 Å². The van der Waals surface area contributed by atoms with Gasteiger partial charge in [-0.15, -0.1) is 0 Å². The van der Waals surface area contributed by atoms with Crippen LogP contribution in [-0.2, 0) is 5.41 Å². The van der Waals surface area contributed by atoms with Crippen LogP contribution in [0.4, 0.5) is 0 Å². The minimum Gasteiger partial charge on any atom is -0.318 e. The van der Waals surface area contributed by atoms with Gasteiger partial charge in [-0.1, -0.05) is 32.0 Å². The summed E-state index contributed by atoms with van der Waals surface area (Å²) in [7, 11) is 1.98. The van der Waals surface area contributed by atoms with Crippen molar-refractivity contribution >= 4 is 0 Å². The zero-order valence-electron chi connectivity index (χ0n) is 11.9. The molecule has 0 heterocycles. The predicted octanol–water partition coefficient (Wildman–Crippen LogP) is 2.39. The maximum absolute atomic E-state index is 3.50. The van der Waals surface area contributed by atoms with Crippen LogP contribution >= 0.6 is 0 Å². The highest BCUT2D eigenvalue weighted by Gasteiger charge is 2.20. The molecule has 1 aromatic carbocycles. The number of aryl methyl sites for hydroxylation is 2. The first kappa shape index (κ1) is 14.2. The van der Waals surface area contributed by atoms with Gasteiger partial charge in [-0.2, -0.15) is 0 Å². The third-order valence-corrected chi connectivity index (χ3v) is 3.41. The lowest BCUT2D eigenvalue weighted by Crippen LogP contribution is -2.36. The molecule has 1 aromatic rings. The highest BCUT2D eigenvalue weighted by atomic mass is 14.9. The number of likely N-dealkylation sites (N-methyl/N-ethyl adjacent to an activating group) is 1. The lowest BCUT2D eigenvalue weighted by atomic mass is 9.83. The van der Waals surface area contributed by atoms with E-state index in [2.05, 4.69) is 56.5 Å². The Morgan fingerprint density at radius 2 is 1.76 bits per heavy atom. The number of rotatable bonds is 6. The van der Waals surface area contributed by atoms with Crippen molar-refractivity contribution in [3.05, 3.63) is 34.9 Å². The molecule has 2 nitrogen and oxygen atoms in total. The van der Waals surface area contributed by atoms with E-state index in [4.69, 9.17) is 0 Å². The van der Waals surface area contributed by atoms with Crippen LogP contribution in [0.25, 0.3) is 0 Å². The molecule has 0 radical (unpaired) electrons. The molecule has 0 bridgehead atoms. The van der Waals surface area contributed by atoms with E-state index >= 15 is 0 Å².